The molecule has 0 radical (unpaired) electrons. The molecule has 0 bridgehead atoms. The highest BCUT2D eigenvalue weighted by atomic mass is 19.1. The largest absolute Gasteiger partial charge is 0.398 e. The van der Waals surface area contributed by atoms with Gasteiger partial charge in [0.25, 0.3) is 0 Å². The summed E-state index contributed by atoms with van der Waals surface area (Å²) in [6.07, 6.45) is 0. The van der Waals surface area contributed by atoms with Crippen molar-refractivity contribution in [3.8, 4) is 0 Å². The van der Waals surface area contributed by atoms with Crippen molar-refractivity contribution in [2.24, 2.45) is 5.84 Å². The van der Waals surface area contributed by atoms with Crippen LogP contribution in [0.5, 0.6) is 0 Å². The average molecular weight is 249 g/mol. The van der Waals surface area contributed by atoms with E-state index in [-0.39, 0.29) is 5.82 Å². The monoisotopic (exact) mass is 249 g/mol. The first kappa shape index (κ1) is 12.5. The zero-order chi connectivity index (χ0) is 13.1. The van der Waals surface area contributed by atoms with Gasteiger partial charge in [-0.3, -0.25) is 5.84 Å². The van der Waals surface area contributed by atoms with Gasteiger partial charge in [0.1, 0.15) is 11.6 Å². The number of anilines is 1. The van der Waals surface area contributed by atoms with E-state index in [1.54, 1.807) is 12.1 Å². The maximum atomic E-state index is 13.2. The topological polar surface area (TPSA) is 64.1 Å². The van der Waals surface area contributed by atoms with Gasteiger partial charge in [-0.05, 0) is 35.9 Å². The van der Waals surface area contributed by atoms with Crippen LogP contribution >= 0.6 is 0 Å². The van der Waals surface area contributed by atoms with E-state index in [9.17, 15) is 8.78 Å². The van der Waals surface area contributed by atoms with Gasteiger partial charge in [0.15, 0.2) is 0 Å². The highest BCUT2D eigenvalue weighted by Gasteiger charge is 2.15. The van der Waals surface area contributed by atoms with Gasteiger partial charge in [0.05, 0.1) is 6.04 Å². The van der Waals surface area contributed by atoms with Crippen LogP contribution in [0, 0.1) is 11.6 Å². The number of halogens is 2. The number of rotatable bonds is 3. The smallest absolute Gasteiger partial charge is 0.123 e. The van der Waals surface area contributed by atoms with Crippen molar-refractivity contribution in [2.75, 3.05) is 5.73 Å². The molecule has 94 valence electrons. The molecule has 0 aliphatic rings. The molecule has 0 fully saturated rings. The zero-order valence-corrected chi connectivity index (χ0v) is 9.53. The fourth-order valence-electron chi connectivity index (χ4n) is 1.82. The molecule has 0 spiro atoms. The Bertz CT molecular complexity index is 540. The van der Waals surface area contributed by atoms with Crippen LogP contribution in [0.15, 0.2) is 42.5 Å². The molecule has 3 nitrogen and oxygen atoms in total. The van der Waals surface area contributed by atoms with Crippen molar-refractivity contribution in [1.29, 1.82) is 0 Å². The highest BCUT2D eigenvalue weighted by Crippen LogP contribution is 2.26. The number of hydrogen-bond acceptors (Lipinski definition) is 3. The third-order valence-electron chi connectivity index (χ3n) is 2.73. The standard InChI is InChI=1S/C13H13F2N3/c14-9-3-1-8(2-4-9)13(18-17)11-7-10(15)5-6-12(11)16/h1-7,13,18H,16-17H2. The quantitative estimate of drug-likeness (QED) is 0.443. The molecule has 2 rings (SSSR count). The SMILES string of the molecule is NNC(c1ccc(F)cc1)c1cc(F)ccc1N. The Labute approximate surface area is 103 Å². The van der Waals surface area contributed by atoms with Gasteiger partial charge < -0.3 is 5.73 Å². The van der Waals surface area contributed by atoms with Crippen molar-refractivity contribution in [2.45, 2.75) is 6.04 Å². The molecular formula is C13H13F2N3. The lowest BCUT2D eigenvalue weighted by molar-refractivity contribution is 0.602. The summed E-state index contributed by atoms with van der Waals surface area (Å²) in [5.74, 6) is 4.73. The Kier molecular flexibility index (Phi) is 3.55. The predicted molar refractivity (Wildman–Crippen MR) is 66.4 cm³/mol. The van der Waals surface area contributed by atoms with E-state index < -0.39 is 11.9 Å². The lowest BCUT2D eigenvalue weighted by atomic mass is 9.98. The summed E-state index contributed by atoms with van der Waals surface area (Å²) >= 11 is 0. The molecule has 0 aliphatic carbocycles. The second-order valence-electron chi connectivity index (χ2n) is 3.92. The fraction of sp³-hybridized carbons (Fsp3) is 0.0769. The van der Waals surface area contributed by atoms with E-state index in [1.165, 1.54) is 30.3 Å². The summed E-state index contributed by atoms with van der Waals surface area (Å²) in [5.41, 5.74) is 9.99. The normalized spacial score (nSPS) is 12.4. The second-order valence-corrected chi connectivity index (χ2v) is 3.92. The van der Waals surface area contributed by atoms with Gasteiger partial charge in [0, 0.05) is 11.3 Å². The number of hydrogen-bond donors (Lipinski definition) is 3. The van der Waals surface area contributed by atoms with Crippen LogP contribution in [-0.2, 0) is 0 Å². The lowest BCUT2D eigenvalue weighted by Crippen LogP contribution is -2.29. The van der Waals surface area contributed by atoms with Gasteiger partial charge in [-0.25, -0.2) is 14.2 Å². The Hall–Kier alpha value is -1.98. The van der Waals surface area contributed by atoms with E-state index >= 15 is 0 Å². The van der Waals surface area contributed by atoms with Gasteiger partial charge in [-0.2, -0.15) is 0 Å². The minimum atomic E-state index is -0.485. The Morgan fingerprint density at radius 1 is 0.944 bits per heavy atom. The maximum Gasteiger partial charge on any atom is 0.123 e. The number of nitrogens with two attached hydrogens (primary N) is 2. The summed E-state index contributed by atoms with van der Waals surface area (Å²) in [4.78, 5) is 0. The molecular weight excluding hydrogens is 236 g/mol. The minimum absolute atomic E-state index is 0.346. The molecule has 0 heterocycles. The van der Waals surface area contributed by atoms with Gasteiger partial charge in [-0.1, -0.05) is 12.1 Å². The first-order chi connectivity index (χ1) is 8.61. The number of nitrogen functional groups attached to an aromatic ring is 1. The van der Waals surface area contributed by atoms with E-state index in [1.807, 2.05) is 0 Å². The second kappa shape index (κ2) is 5.12. The van der Waals surface area contributed by atoms with Crippen LogP contribution < -0.4 is 17.0 Å². The molecule has 0 amide bonds. The third-order valence-corrected chi connectivity index (χ3v) is 2.73. The average Bonchev–Trinajstić information content (AvgIpc) is 2.37. The van der Waals surface area contributed by atoms with E-state index in [0.29, 0.717) is 16.8 Å². The van der Waals surface area contributed by atoms with E-state index in [2.05, 4.69) is 5.43 Å². The summed E-state index contributed by atoms with van der Waals surface area (Å²) < 4.78 is 26.1. The summed E-state index contributed by atoms with van der Waals surface area (Å²) in [6.45, 7) is 0. The van der Waals surface area contributed by atoms with Crippen molar-refractivity contribution in [3.63, 3.8) is 0 Å². The van der Waals surface area contributed by atoms with Crippen LogP contribution in [0.2, 0.25) is 0 Å². The number of benzene rings is 2. The van der Waals surface area contributed by atoms with Gasteiger partial charge >= 0.3 is 0 Å². The molecule has 0 aromatic heterocycles. The van der Waals surface area contributed by atoms with Crippen molar-refractivity contribution < 1.29 is 8.78 Å². The predicted octanol–water partition coefficient (Wildman–Crippen LogP) is 2.10. The molecule has 2 aromatic carbocycles. The van der Waals surface area contributed by atoms with Crippen LogP contribution in [-0.4, -0.2) is 0 Å². The maximum absolute atomic E-state index is 13.2. The highest BCUT2D eigenvalue weighted by molar-refractivity contribution is 5.51. The van der Waals surface area contributed by atoms with Crippen LogP contribution in [0.25, 0.3) is 0 Å². The van der Waals surface area contributed by atoms with Crippen molar-refractivity contribution in [3.05, 3.63) is 65.2 Å². The van der Waals surface area contributed by atoms with Gasteiger partial charge in [0.2, 0.25) is 0 Å². The van der Waals surface area contributed by atoms with Crippen LogP contribution in [0.1, 0.15) is 17.2 Å². The summed E-state index contributed by atoms with van der Waals surface area (Å²) in [7, 11) is 0. The summed E-state index contributed by atoms with van der Waals surface area (Å²) in [5, 5.41) is 0. The van der Waals surface area contributed by atoms with Gasteiger partial charge in [-0.15, -0.1) is 0 Å². The molecule has 1 unspecified atom stereocenters. The first-order valence-corrected chi connectivity index (χ1v) is 5.38. The van der Waals surface area contributed by atoms with E-state index in [0.717, 1.165) is 0 Å². The molecule has 1 atom stereocenters. The molecule has 18 heavy (non-hydrogen) atoms. The number of hydrazine groups is 1. The minimum Gasteiger partial charge on any atom is -0.398 e. The molecule has 0 saturated carbocycles. The zero-order valence-electron chi connectivity index (χ0n) is 9.53. The van der Waals surface area contributed by atoms with Crippen molar-refractivity contribution in [1.82, 2.24) is 5.43 Å². The molecule has 0 saturated heterocycles. The van der Waals surface area contributed by atoms with E-state index in [4.69, 9.17) is 11.6 Å². The molecule has 2 aromatic rings. The first-order valence-electron chi connectivity index (χ1n) is 5.38. The van der Waals surface area contributed by atoms with Crippen LogP contribution in [0.3, 0.4) is 0 Å². The Balaban J connectivity index is 2.44. The Morgan fingerprint density at radius 3 is 2.17 bits per heavy atom. The van der Waals surface area contributed by atoms with Crippen molar-refractivity contribution >= 4 is 5.69 Å². The fourth-order valence-corrected chi connectivity index (χ4v) is 1.82. The Morgan fingerprint density at radius 2 is 1.56 bits per heavy atom. The molecule has 5 N–H and O–H groups in total. The third kappa shape index (κ3) is 2.47. The van der Waals surface area contributed by atoms with Crippen LogP contribution in [0.4, 0.5) is 14.5 Å². The molecule has 5 heteroatoms. The number of nitrogens with one attached hydrogen (secondary N) is 1. The lowest BCUT2D eigenvalue weighted by Gasteiger charge is -2.18. The summed E-state index contributed by atoms with van der Waals surface area (Å²) in [6, 6.07) is 9.35. The molecule has 0 aliphatic heterocycles.